The summed E-state index contributed by atoms with van der Waals surface area (Å²) in [6, 6.07) is 5.25. The molecule has 0 saturated carbocycles. The van der Waals surface area contributed by atoms with Gasteiger partial charge >= 0.3 is 5.97 Å². The molecule has 0 fully saturated rings. The monoisotopic (exact) mass is 245 g/mol. The number of hydrogen-bond donors (Lipinski definition) is 1. The van der Waals surface area contributed by atoms with E-state index in [1.54, 1.807) is 18.3 Å². The normalized spacial score (nSPS) is 10.3. The van der Waals surface area contributed by atoms with Crippen LogP contribution in [0.2, 0.25) is 0 Å². The van der Waals surface area contributed by atoms with E-state index in [1.807, 2.05) is 23.9 Å². The largest absolute Gasteiger partial charge is 0.465 e. The van der Waals surface area contributed by atoms with Gasteiger partial charge in [-0.2, -0.15) is 5.10 Å². The van der Waals surface area contributed by atoms with Gasteiger partial charge in [0, 0.05) is 24.0 Å². The zero-order valence-corrected chi connectivity index (χ0v) is 10.4. The van der Waals surface area contributed by atoms with Crippen LogP contribution < -0.4 is 5.73 Å². The quantitative estimate of drug-likeness (QED) is 0.662. The molecular weight excluding hydrogens is 230 g/mol. The Bertz CT molecular complexity index is 575. The highest BCUT2D eigenvalue weighted by Gasteiger charge is 2.11. The van der Waals surface area contributed by atoms with Crippen molar-refractivity contribution in [1.82, 2.24) is 9.78 Å². The first kappa shape index (κ1) is 12.2. The van der Waals surface area contributed by atoms with Gasteiger partial charge in [0.2, 0.25) is 0 Å². The molecule has 2 aromatic rings. The lowest BCUT2D eigenvalue weighted by atomic mass is 10.1. The van der Waals surface area contributed by atoms with Crippen molar-refractivity contribution in [1.29, 1.82) is 0 Å². The van der Waals surface area contributed by atoms with Crippen LogP contribution in [0.4, 0.5) is 5.69 Å². The summed E-state index contributed by atoms with van der Waals surface area (Å²) in [6.45, 7) is 2.83. The van der Waals surface area contributed by atoms with E-state index in [0.29, 0.717) is 11.3 Å². The van der Waals surface area contributed by atoms with E-state index < -0.39 is 5.97 Å². The lowest BCUT2D eigenvalue weighted by Gasteiger charge is -2.05. The van der Waals surface area contributed by atoms with Gasteiger partial charge in [-0.15, -0.1) is 0 Å². The van der Waals surface area contributed by atoms with Crippen LogP contribution in [0.5, 0.6) is 0 Å². The molecule has 0 aliphatic heterocycles. The number of anilines is 1. The molecule has 5 heteroatoms. The van der Waals surface area contributed by atoms with E-state index in [0.717, 1.165) is 17.7 Å². The second-order valence-corrected chi connectivity index (χ2v) is 3.88. The van der Waals surface area contributed by atoms with E-state index in [1.165, 1.54) is 7.11 Å². The van der Waals surface area contributed by atoms with Crippen molar-refractivity contribution >= 4 is 11.7 Å². The SMILES string of the molecule is CCn1cc(-c2ccc(C(=O)OC)c(N)c2)cn1. The standard InChI is InChI=1S/C13H15N3O2/c1-3-16-8-10(7-15-16)9-4-5-11(12(14)6-9)13(17)18-2/h4-8H,3,14H2,1-2H3. The summed E-state index contributed by atoms with van der Waals surface area (Å²) in [4.78, 5) is 11.4. The molecule has 1 aromatic carbocycles. The van der Waals surface area contributed by atoms with Gasteiger partial charge in [-0.05, 0) is 24.6 Å². The molecule has 1 heterocycles. The number of nitrogen functional groups attached to an aromatic ring is 1. The number of nitrogens with two attached hydrogens (primary N) is 1. The maximum atomic E-state index is 11.4. The van der Waals surface area contributed by atoms with Crippen molar-refractivity contribution in [2.75, 3.05) is 12.8 Å². The Morgan fingerprint density at radius 2 is 2.22 bits per heavy atom. The predicted octanol–water partition coefficient (Wildman–Crippen LogP) is 1.94. The Morgan fingerprint density at radius 3 is 2.78 bits per heavy atom. The topological polar surface area (TPSA) is 70.1 Å². The van der Waals surface area contributed by atoms with E-state index in [9.17, 15) is 4.79 Å². The Balaban J connectivity index is 2.36. The average Bonchev–Trinajstić information content (AvgIpc) is 2.86. The van der Waals surface area contributed by atoms with Gasteiger partial charge in [0.1, 0.15) is 0 Å². The first-order chi connectivity index (χ1) is 8.65. The van der Waals surface area contributed by atoms with Crippen LogP contribution in [0.3, 0.4) is 0 Å². The van der Waals surface area contributed by atoms with Crippen molar-refractivity contribution in [2.24, 2.45) is 0 Å². The highest BCUT2D eigenvalue weighted by atomic mass is 16.5. The van der Waals surface area contributed by atoms with Crippen molar-refractivity contribution in [3.05, 3.63) is 36.2 Å². The van der Waals surface area contributed by atoms with Crippen LogP contribution in [0.1, 0.15) is 17.3 Å². The van der Waals surface area contributed by atoms with Crippen molar-refractivity contribution in [2.45, 2.75) is 13.5 Å². The molecule has 2 rings (SSSR count). The summed E-state index contributed by atoms with van der Waals surface area (Å²) in [5.41, 5.74) is 8.53. The Kier molecular flexibility index (Phi) is 3.32. The fraction of sp³-hybridized carbons (Fsp3) is 0.231. The number of esters is 1. The van der Waals surface area contributed by atoms with Crippen molar-refractivity contribution in [3.8, 4) is 11.1 Å². The van der Waals surface area contributed by atoms with Gasteiger partial charge in [-0.3, -0.25) is 4.68 Å². The van der Waals surface area contributed by atoms with Gasteiger partial charge in [-0.1, -0.05) is 6.07 Å². The molecule has 5 nitrogen and oxygen atoms in total. The maximum Gasteiger partial charge on any atom is 0.339 e. The molecule has 0 radical (unpaired) electrons. The van der Waals surface area contributed by atoms with Crippen LogP contribution >= 0.6 is 0 Å². The zero-order chi connectivity index (χ0) is 13.1. The molecule has 0 spiro atoms. The molecule has 0 amide bonds. The van der Waals surface area contributed by atoms with Crippen LogP contribution in [0.25, 0.3) is 11.1 Å². The molecule has 0 bridgehead atoms. The summed E-state index contributed by atoms with van der Waals surface area (Å²) in [6.07, 6.45) is 3.71. The molecule has 0 aliphatic rings. The third-order valence-electron chi connectivity index (χ3n) is 2.75. The van der Waals surface area contributed by atoms with Crippen LogP contribution in [-0.4, -0.2) is 22.9 Å². The number of methoxy groups -OCH3 is 1. The smallest absolute Gasteiger partial charge is 0.339 e. The summed E-state index contributed by atoms with van der Waals surface area (Å²) < 4.78 is 6.48. The minimum Gasteiger partial charge on any atom is -0.465 e. The lowest BCUT2D eigenvalue weighted by molar-refractivity contribution is 0.0602. The van der Waals surface area contributed by atoms with Crippen LogP contribution in [-0.2, 0) is 11.3 Å². The fourth-order valence-corrected chi connectivity index (χ4v) is 1.72. The summed E-state index contributed by atoms with van der Waals surface area (Å²) in [5, 5.41) is 4.20. The summed E-state index contributed by atoms with van der Waals surface area (Å²) >= 11 is 0. The number of carbonyl (C=O) groups is 1. The first-order valence-corrected chi connectivity index (χ1v) is 5.66. The second kappa shape index (κ2) is 4.91. The van der Waals surface area contributed by atoms with Crippen molar-refractivity contribution < 1.29 is 9.53 Å². The molecule has 2 N–H and O–H groups in total. The Morgan fingerprint density at radius 1 is 1.44 bits per heavy atom. The molecule has 0 saturated heterocycles. The van der Waals surface area contributed by atoms with Crippen LogP contribution in [0.15, 0.2) is 30.6 Å². The number of aryl methyl sites for hydroxylation is 1. The molecule has 0 unspecified atom stereocenters. The molecule has 18 heavy (non-hydrogen) atoms. The minimum absolute atomic E-state index is 0.379. The third-order valence-corrected chi connectivity index (χ3v) is 2.75. The molecule has 0 atom stereocenters. The minimum atomic E-state index is -0.427. The third kappa shape index (κ3) is 2.20. The number of ether oxygens (including phenoxy) is 1. The highest BCUT2D eigenvalue weighted by Crippen LogP contribution is 2.24. The summed E-state index contributed by atoms with van der Waals surface area (Å²) in [5.74, 6) is -0.427. The number of rotatable bonds is 3. The number of hydrogen-bond acceptors (Lipinski definition) is 4. The van der Waals surface area contributed by atoms with Gasteiger partial charge in [0.25, 0.3) is 0 Å². The molecule has 0 aliphatic carbocycles. The molecular formula is C13H15N3O2. The number of aromatic nitrogens is 2. The van der Waals surface area contributed by atoms with Gasteiger partial charge in [0.05, 0.1) is 18.9 Å². The highest BCUT2D eigenvalue weighted by molar-refractivity contribution is 5.96. The predicted molar refractivity (Wildman–Crippen MR) is 69.1 cm³/mol. The van der Waals surface area contributed by atoms with Crippen molar-refractivity contribution in [3.63, 3.8) is 0 Å². The van der Waals surface area contributed by atoms with E-state index >= 15 is 0 Å². The zero-order valence-electron chi connectivity index (χ0n) is 10.4. The fourth-order valence-electron chi connectivity index (χ4n) is 1.72. The van der Waals surface area contributed by atoms with E-state index in [4.69, 9.17) is 5.73 Å². The van der Waals surface area contributed by atoms with Gasteiger partial charge in [0.15, 0.2) is 0 Å². The Labute approximate surface area is 105 Å². The van der Waals surface area contributed by atoms with E-state index in [-0.39, 0.29) is 0 Å². The van der Waals surface area contributed by atoms with Gasteiger partial charge in [-0.25, -0.2) is 4.79 Å². The van der Waals surface area contributed by atoms with E-state index in [2.05, 4.69) is 9.84 Å². The average molecular weight is 245 g/mol. The number of nitrogens with zero attached hydrogens (tertiary/aromatic N) is 2. The maximum absolute atomic E-state index is 11.4. The van der Waals surface area contributed by atoms with Gasteiger partial charge < -0.3 is 10.5 Å². The second-order valence-electron chi connectivity index (χ2n) is 3.88. The molecule has 1 aromatic heterocycles. The lowest BCUT2D eigenvalue weighted by Crippen LogP contribution is -2.05. The Hall–Kier alpha value is -2.30. The first-order valence-electron chi connectivity index (χ1n) is 5.66. The molecule has 94 valence electrons. The number of benzene rings is 1. The summed E-state index contributed by atoms with van der Waals surface area (Å²) in [7, 11) is 1.33. The number of carbonyl (C=O) groups excluding carboxylic acids is 1. The van der Waals surface area contributed by atoms with Crippen LogP contribution in [0, 0.1) is 0 Å².